The van der Waals surface area contributed by atoms with E-state index in [1.54, 1.807) is 12.1 Å². The largest absolute Gasteiger partial charge is 0.381 e. The van der Waals surface area contributed by atoms with E-state index >= 15 is 0 Å². The van der Waals surface area contributed by atoms with Crippen LogP contribution in [0.4, 0.5) is 17.1 Å². The second-order valence-corrected chi connectivity index (χ2v) is 5.07. The van der Waals surface area contributed by atoms with Gasteiger partial charge in [-0.25, -0.2) is 0 Å². The Morgan fingerprint density at radius 3 is 2.57 bits per heavy atom. The fourth-order valence-electron chi connectivity index (χ4n) is 2.08. The lowest BCUT2D eigenvalue weighted by Gasteiger charge is -2.16. The first kappa shape index (κ1) is 14.8. The van der Waals surface area contributed by atoms with E-state index in [0.29, 0.717) is 12.2 Å². The van der Waals surface area contributed by atoms with Gasteiger partial charge in [-0.05, 0) is 37.6 Å². The highest BCUT2D eigenvalue weighted by atomic mass is 16.6. The van der Waals surface area contributed by atoms with Crippen molar-refractivity contribution in [2.45, 2.75) is 19.9 Å². The third-order valence-electron chi connectivity index (χ3n) is 3.14. The SMILES string of the molecule is Cc1ccc(NCC(C)Nc2ccccc2)c([N+](=O)[O-])c1. The molecule has 2 aromatic carbocycles. The predicted octanol–water partition coefficient (Wildman–Crippen LogP) is 3.82. The van der Waals surface area contributed by atoms with E-state index in [-0.39, 0.29) is 16.7 Å². The molecule has 21 heavy (non-hydrogen) atoms. The van der Waals surface area contributed by atoms with Crippen LogP contribution in [-0.4, -0.2) is 17.5 Å². The van der Waals surface area contributed by atoms with Gasteiger partial charge in [0.25, 0.3) is 5.69 Å². The van der Waals surface area contributed by atoms with Gasteiger partial charge < -0.3 is 10.6 Å². The minimum Gasteiger partial charge on any atom is -0.381 e. The lowest BCUT2D eigenvalue weighted by molar-refractivity contribution is -0.384. The molecule has 0 saturated carbocycles. The molecule has 2 rings (SSSR count). The second kappa shape index (κ2) is 6.74. The Labute approximate surface area is 124 Å². The Hall–Kier alpha value is -2.56. The van der Waals surface area contributed by atoms with Gasteiger partial charge in [0.1, 0.15) is 5.69 Å². The lowest BCUT2D eigenvalue weighted by Crippen LogP contribution is -2.25. The standard InChI is InChI=1S/C16H19N3O2/c1-12-8-9-15(16(10-12)19(20)21)17-11-13(2)18-14-6-4-3-5-7-14/h3-10,13,17-18H,11H2,1-2H3. The van der Waals surface area contributed by atoms with Crippen LogP contribution in [0.1, 0.15) is 12.5 Å². The van der Waals surface area contributed by atoms with Crippen LogP contribution >= 0.6 is 0 Å². The number of hydrogen-bond donors (Lipinski definition) is 2. The summed E-state index contributed by atoms with van der Waals surface area (Å²) in [6.07, 6.45) is 0. The molecule has 1 unspecified atom stereocenters. The number of benzene rings is 2. The molecule has 0 heterocycles. The fourth-order valence-corrected chi connectivity index (χ4v) is 2.08. The molecule has 0 aliphatic heterocycles. The van der Waals surface area contributed by atoms with E-state index in [9.17, 15) is 10.1 Å². The zero-order chi connectivity index (χ0) is 15.2. The number of rotatable bonds is 6. The van der Waals surface area contributed by atoms with E-state index in [4.69, 9.17) is 0 Å². The lowest BCUT2D eigenvalue weighted by atomic mass is 10.2. The van der Waals surface area contributed by atoms with E-state index in [1.807, 2.05) is 50.2 Å². The Bertz CT molecular complexity index is 614. The highest BCUT2D eigenvalue weighted by Crippen LogP contribution is 2.25. The van der Waals surface area contributed by atoms with Crippen LogP contribution in [0.25, 0.3) is 0 Å². The Morgan fingerprint density at radius 1 is 1.19 bits per heavy atom. The summed E-state index contributed by atoms with van der Waals surface area (Å²) in [6, 6.07) is 15.2. The molecule has 1 atom stereocenters. The second-order valence-electron chi connectivity index (χ2n) is 5.07. The summed E-state index contributed by atoms with van der Waals surface area (Å²) < 4.78 is 0. The van der Waals surface area contributed by atoms with E-state index in [2.05, 4.69) is 10.6 Å². The van der Waals surface area contributed by atoms with Crippen molar-refractivity contribution < 1.29 is 4.92 Å². The first-order chi connectivity index (χ1) is 10.1. The molecule has 0 amide bonds. The van der Waals surface area contributed by atoms with Gasteiger partial charge in [0.05, 0.1) is 4.92 Å². The summed E-state index contributed by atoms with van der Waals surface area (Å²) in [4.78, 5) is 10.7. The van der Waals surface area contributed by atoms with Crippen LogP contribution in [0, 0.1) is 17.0 Å². The van der Waals surface area contributed by atoms with E-state index in [1.165, 1.54) is 0 Å². The maximum absolute atomic E-state index is 11.1. The van der Waals surface area contributed by atoms with E-state index in [0.717, 1.165) is 11.3 Å². The molecule has 0 aromatic heterocycles. The zero-order valence-corrected chi connectivity index (χ0v) is 12.2. The van der Waals surface area contributed by atoms with Gasteiger partial charge in [-0.2, -0.15) is 0 Å². The smallest absolute Gasteiger partial charge is 0.292 e. The van der Waals surface area contributed by atoms with Crippen molar-refractivity contribution in [2.24, 2.45) is 0 Å². The van der Waals surface area contributed by atoms with Gasteiger partial charge in [-0.3, -0.25) is 10.1 Å². The number of aryl methyl sites for hydroxylation is 1. The van der Waals surface area contributed by atoms with Crippen molar-refractivity contribution in [3.05, 3.63) is 64.2 Å². The molecule has 0 fully saturated rings. The number of para-hydroxylation sites is 1. The number of nitro benzene ring substituents is 1. The van der Waals surface area contributed by atoms with Gasteiger partial charge in [-0.15, -0.1) is 0 Å². The molecule has 0 radical (unpaired) electrons. The normalized spacial score (nSPS) is 11.7. The maximum Gasteiger partial charge on any atom is 0.292 e. The summed E-state index contributed by atoms with van der Waals surface area (Å²) >= 11 is 0. The monoisotopic (exact) mass is 285 g/mol. The number of anilines is 2. The van der Waals surface area contributed by atoms with Crippen LogP contribution in [0.15, 0.2) is 48.5 Å². The summed E-state index contributed by atoms with van der Waals surface area (Å²) in [5.74, 6) is 0. The summed E-state index contributed by atoms with van der Waals surface area (Å²) in [6.45, 7) is 4.47. The summed E-state index contributed by atoms with van der Waals surface area (Å²) in [5.41, 5.74) is 2.57. The quantitative estimate of drug-likeness (QED) is 0.625. The Morgan fingerprint density at radius 2 is 1.90 bits per heavy atom. The third-order valence-corrected chi connectivity index (χ3v) is 3.14. The molecular weight excluding hydrogens is 266 g/mol. The van der Waals surface area contributed by atoms with Crippen molar-refractivity contribution >= 4 is 17.1 Å². The fraction of sp³-hybridized carbons (Fsp3) is 0.250. The average Bonchev–Trinajstić information content (AvgIpc) is 2.47. The number of nitro groups is 1. The maximum atomic E-state index is 11.1. The first-order valence-corrected chi connectivity index (χ1v) is 6.87. The van der Waals surface area contributed by atoms with Gasteiger partial charge in [0.2, 0.25) is 0 Å². The zero-order valence-electron chi connectivity index (χ0n) is 12.2. The molecule has 0 aliphatic carbocycles. The Balaban J connectivity index is 1.98. The molecular formula is C16H19N3O2. The Kier molecular flexibility index (Phi) is 4.77. The van der Waals surface area contributed by atoms with Crippen molar-refractivity contribution in [1.29, 1.82) is 0 Å². The average molecular weight is 285 g/mol. The minimum atomic E-state index is -0.357. The molecule has 5 nitrogen and oxygen atoms in total. The van der Waals surface area contributed by atoms with Crippen LogP contribution < -0.4 is 10.6 Å². The highest BCUT2D eigenvalue weighted by molar-refractivity contribution is 5.62. The number of nitrogens with zero attached hydrogens (tertiary/aromatic N) is 1. The van der Waals surface area contributed by atoms with Crippen LogP contribution in [0.3, 0.4) is 0 Å². The summed E-state index contributed by atoms with van der Waals surface area (Å²) in [7, 11) is 0. The van der Waals surface area contributed by atoms with Gasteiger partial charge in [-0.1, -0.05) is 24.3 Å². The van der Waals surface area contributed by atoms with Crippen LogP contribution in [0.5, 0.6) is 0 Å². The van der Waals surface area contributed by atoms with Gasteiger partial charge in [0, 0.05) is 24.3 Å². The molecule has 0 saturated heterocycles. The van der Waals surface area contributed by atoms with Crippen molar-refractivity contribution in [3.63, 3.8) is 0 Å². The minimum absolute atomic E-state index is 0.113. The van der Waals surface area contributed by atoms with Crippen molar-refractivity contribution in [3.8, 4) is 0 Å². The molecule has 0 aliphatic rings. The van der Waals surface area contributed by atoms with Crippen LogP contribution in [-0.2, 0) is 0 Å². The van der Waals surface area contributed by atoms with Crippen molar-refractivity contribution in [2.75, 3.05) is 17.2 Å². The summed E-state index contributed by atoms with van der Waals surface area (Å²) in [5, 5.41) is 17.5. The molecule has 0 spiro atoms. The van der Waals surface area contributed by atoms with E-state index < -0.39 is 0 Å². The third kappa shape index (κ3) is 4.21. The molecule has 5 heteroatoms. The number of hydrogen-bond acceptors (Lipinski definition) is 4. The number of nitrogens with one attached hydrogen (secondary N) is 2. The van der Waals surface area contributed by atoms with Crippen molar-refractivity contribution in [1.82, 2.24) is 0 Å². The molecule has 2 N–H and O–H groups in total. The molecule has 0 bridgehead atoms. The molecule has 110 valence electrons. The predicted molar refractivity (Wildman–Crippen MR) is 85.8 cm³/mol. The van der Waals surface area contributed by atoms with Gasteiger partial charge in [0.15, 0.2) is 0 Å². The van der Waals surface area contributed by atoms with Gasteiger partial charge >= 0.3 is 0 Å². The topological polar surface area (TPSA) is 67.2 Å². The first-order valence-electron chi connectivity index (χ1n) is 6.87. The van der Waals surface area contributed by atoms with Crippen LogP contribution in [0.2, 0.25) is 0 Å². The highest BCUT2D eigenvalue weighted by Gasteiger charge is 2.14. The molecule has 2 aromatic rings.